The maximum absolute atomic E-state index is 11.9. The first-order valence-electron chi connectivity index (χ1n) is 6.37. The van der Waals surface area contributed by atoms with Gasteiger partial charge in [-0.05, 0) is 24.3 Å². The monoisotopic (exact) mass is 333 g/mol. The van der Waals surface area contributed by atoms with Crippen LogP contribution in [0.5, 0.6) is 5.75 Å². The molecule has 1 aromatic rings. The van der Waals surface area contributed by atoms with Crippen molar-refractivity contribution in [2.24, 2.45) is 0 Å². The van der Waals surface area contributed by atoms with Crippen molar-refractivity contribution in [1.29, 1.82) is 0 Å². The van der Waals surface area contributed by atoms with Gasteiger partial charge in [0.05, 0.1) is 6.61 Å². The molecule has 1 amide bonds. The molecule has 8 heteroatoms. The molecule has 1 heterocycles. The van der Waals surface area contributed by atoms with E-state index in [1.54, 1.807) is 31.4 Å². The zero-order valence-corrected chi connectivity index (χ0v) is 13.1. The third-order valence-electron chi connectivity index (χ3n) is 3.19. The van der Waals surface area contributed by atoms with Crippen molar-refractivity contribution >= 4 is 31.3 Å². The molecule has 0 saturated carbocycles. The van der Waals surface area contributed by atoms with Gasteiger partial charge in [-0.3, -0.25) is 4.79 Å². The molecule has 2 rings (SSSR count). The van der Waals surface area contributed by atoms with Crippen LogP contribution in [0.15, 0.2) is 24.3 Å². The van der Waals surface area contributed by atoms with Crippen LogP contribution in [0.3, 0.4) is 0 Å². The van der Waals surface area contributed by atoms with E-state index in [4.69, 9.17) is 20.2 Å². The van der Waals surface area contributed by atoms with Crippen molar-refractivity contribution in [3.8, 4) is 5.75 Å². The van der Waals surface area contributed by atoms with Crippen LogP contribution in [0.1, 0.15) is 6.42 Å². The number of anilines is 1. The summed E-state index contributed by atoms with van der Waals surface area (Å²) in [6.45, 7) is 1.00. The molecule has 0 bridgehead atoms. The fourth-order valence-electron chi connectivity index (χ4n) is 2.08. The summed E-state index contributed by atoms with van der Waals surface area (Å²) in [4.78, 5) is 13.3. The molecule has 1 unspecified atom stereocenters. The van der Waals surface area contributed by atoms with Gasteiger partial charge in [0.15, 0.2) is 0 Å². The van der Waals surface area contributed by atoms with Crippen LogP contribution in [0.25, 0.3) is 0 Å². The third-order valence-corrected chi connectivity index (χ3v) is 5.06. The van der Waals surface area contributed by atoms with Crippen molar-refractivity contribution < 1.29 is 22.7 Å². The van der Waals surface area contributed by atoms with Gasteiger partial charge in [0.2, 0.25) is 15.0 Å². The highest BCUT2D eigenvalue weighted by Crippen LogP contribution is 2.28. The van der Waals surface area contributed by atoms with E-state index in [0.717, 1.165) is 0 Å². The lowest BCUT2D eigenvalue weighted by Gasteiger charge is -2.16. The van der Waals surface area contributed by atoms with Crippen LogP contribution in [-0.2, 0) is 18.6 Å². The Kier molecular flexibility index (Phi) is 5.08. The van der Waals surface area contributed by atoms with E-state index in [2.05, 4.69) is 0 Å². The number of nitrogens with zero attached hydrogens (tertiary/aromatic N) is 1. The summed E-state index contributed by atoms with van der Waals surface area (Å²) >= 11 is 0. The average Bonchev–Trinajstić information content (AvgIpc) is 2.82. The Labute approximate surface area is 128 Å². The van der Waals surface area contributed by atoms with Crippen molar-refractivity contribution in [3.63, 3.8) is 0 Å². The molecule has 6 nitrogen and oxygen atoms in total. The zero-order valence-electron chi connectivity index (χ0n) is 11.5. The first-order valence-corrected chi connectivity index (χ1v) is 8.74. The van der Waals surface area contributed by atoms with Crippen molar-refractivity contribution in [2.75, 3.05) is 31.8 Å². The van der Waals surface area contributed by atoms with Gasteiger partial charge in [0.1, 0.15) is 17.6 Å². The molecular weight excluding hydrogens is 318 g/mol. The quantitative estimate of drug-likeness (QED) is 0.581. The van der Waals surface area contributed by atoms with Crippen LogP contribution in [-0.4, -0.2) is 46.4 Å². The number of carbonyl (C=O) groups is 1. The van der Waals surface area contributed by atoms with Gasteiger partial charge in [-0.25, -0.2) is 8.42 Å². The molecule has 0 aromatic heterocycles. The van der Waals surface area contributed by atoms with E-state index < -0.39 is 14.3 Å². The van der Waals surface area contributed by atoms with Gasteiger partial charge in [0.25, 0.3) is 0 Å². The van der Waals surface area contributed by atoms with Crippen LogP contribution < -0.4 is 9.64 Å². The largest absolute Gasteiger partial charge is 0.491 e. The Morgan fingerprint density at radius 1 is 1.29 bits per heavy atom. The summed E-state index contributed by atoms with van der Waals surface area (Å²) < 4.78 is 32.9. The number of amides is 1. The number of hydrogen-bond acceptors (Lipinski definition) is 5. The lowest BCUT2D eigenvalue weighted by atomic mass is 10.3. The topological polar surface area (TPSA) is 72.9 Å². The van der Waals surface area contributed by atoms with Crippen LogP contribution in [0.4, 0.5) is 5.69 Å². The van der Waals surface area contributed by atoms with E-state index in [1.807, 2.05) is 0 Å². The van der Waals surface area contributed by atoms with E-state index in [0.29, 0.717) is 24.7 Å². The van der Waals surface area contributed by atoms with E-state index in [1.165, 1.54) is 4.90 Å². The van der Waals surface area contributed by atoms with Gasteiger partial charge < -0.3 is 14.4 Å². The molecule has 0 spiro atoms. The summed E-state index contributed by atoms with van der Waals surface area (Å²) in [5, 5.41) is -0.857. The van der Waals surface area contributed by atoms with E-state index >= 15 is 0 Å². The second kappa shape index (κ2) is 6.64. The summed E-state index contributed by atoms with van der Waals surface area (Å²) in [6, 6.07) is 6.87. The lowest BCUT2D eigenvalue weighted by molar-refractivity contribution is -0.117. The highest BCUT2D eigenvalue weighted by Gasteiger charge is 2.37. The molecule has 0 radical (unpaired) electrons. The fourth-order valence-corrected chi connectivity index (χ4v) is 3.10. The van der Waals surface area contributed by atoms with Gasteiger partial charge in [-0.15, -0.1) is 0 Å². The van der Waals surface area contributed by atoms with Crippen LogP contribution >= 0.6 is 10.7 Å². The molecule has 0 N–H and O–H groups in total. The highest BCUT2D eigenvalue weighted by molar-refractivity contribution is 8.14. The van der Waals surface area contributed by atoms with E-state index in [-0.39, 0.29) is 18.9 Å². The number of benzene rings is 1. The van der Waals surface area contributed by atoms with Crippen LogP contribution in [0.2, 0.25) is 0 Å². The Morgan fingerprint density at radius 3 is 2.48 bits per heavy atom. The molecule has 1 fully saturated rings. The first-order chi connectivity index (χ1) is 9.91. The molecule has 0 aliphatic carbocycles. The number of rotatable bonds is 6. The summed E-state index contributed by atoms with van der Waals surface area (Å²) in [5.41, 5.74) is 0.627. The summed E-state index contributed by atoms with van der Waals surface area (Å²) in [6.07, 6.45) is -0.0854. The van der Waals surface area contributed by atoms with Crippen molar-refractivity contribution in [2.45, 2.75) is 11.7 Å². The van der Waals surface area contributed by atoms with E-state index in [9.17, 15) is 13.2 Å². The average molecular weight is 334 g/mol. The van der Waals surface area contributed by atoms with Gasteiger partial charge in [0, 0.05) is 36.4 Å². The normalized spacial score (nSPS) is 19.0. The molecule has 1 aromatic carbocycles. The number of ether oxygens (including phenoxy) is 2. The predicted molar refractivity (Wildman–Crippen MR) is 79.3 cm³/mol. The minimum absolute atomic E-state index is 0.0779. The number of hydrogen-bond donors (Lipinski definition) is 0. The maximum Gasteiger partial charge on any atom is 0.237 e. The predicted octanol–water partition coefficient (Wildman–Crippen LogP) is 1.39. The lowest BCUT2D eigenvalue weighted by Crippen LogP contribution is -2.26. The maximum atomic E-state index is 11.9. The second-order valence-corrected chi connectivity index (χ2v) is 7.55. The van der Waals surface area contributed by atoms with Gasteiger partial charge in [-0.1, -0.05) is 0 Å². The van der Waals surface area contributed by atoms with Crippen molar-refractivity contribution in [1.82, 2.24) is 0 Å². The Morgan fingerprint density at radius 2 is 1.95 bits per heavy atom. The highest BCUT2D eigenvalue weighted by atomic mass is 35.7. The zero-order chi connectivity index (χ0) is 15.5. The Hall–Kier alpha value is -1.31. The summed E-state index contributed by atoms with van der Waals surface area (Å²) in [5.74, 6) is 0.404. The smallest absolute Gasteiger partial charge is 0.237 e. The standard InChI is InChI=1S/C13H16ClNO5S/c1-19-6-7-20-11-4-2-10(3-5-11)15-9-12(8-13(15)16)21(14,17)18/h2-5,12H,6-9H2,1H3. The molecule has 21 heavy (non-hydrogen) atoms. The molecule has 1 saturated heterocycles. The van der Waals surface area contributed by atoms with Crippen LogP contribution in [0, 0.1) is 0 Å². The number of carbonyl (C=O) groups excluding carboxylic acids is 1. The number of methoxy groups -OCH3 is 1. The molecule has 1 aliphatic rings. The molecular formula is C13H16ClNO5S. The van der Waals surface area contributed by atoms with Gasteiger partial charge >= 0.3 is 0 Å². The SMILES string of the molecule is COCCOc1ccc(N2CC(S(=O)(=O)Cl)CC2=O)cc1. The van der Waals surface area contributed by atoms with Gasteiger partial charge in [-0.2, -0.15) is 0 Å². The minimum Gasteiger partial charge on any atom is -0.491 e. The number of halogens is 1. The summed E-state index contributed by atoms with van der Waals surface area (Å²) in [7, 11) is 3.18. The minimum atomic E-state index is -3.73. The third kappa shape index (κ3) is 4.09. The second-order valence-electron chi connectivity index (χ2n) is 4.64. The van der Waals surface area contributed by atoms with Crippen molar-refractivity contribution in [3.05, 3.63) is 24.3 Å². The molecule has 1 atom stereocenters. The molecule has 116 valence electrons. The Bertz CT molecular complexity index is 601. The molecule has 1 aliphatic heterocycles. The fraction of sp³-hybridized carbons (Fsp3) is 0.462. The first kappa shape index (κ1) is 16.1. The Balaban J connectivity index is 2.04.